The van der Waals surface area contributed by atoms with Crippen LogP contribution in [-0.4, -0.2) is 41.7 Å². The fourth-order valence-electron chi connectivity index (χ4n) is 4.19. The highest BCUT2D eigenvalue weighted by atomic mass is 35.5. The second-order valence-corrected chi connectivity index (χ2v) is 7.70. The fraction of sp³-hybridized carbons (Fsp3) is 0.400. The topological polar surface area (TPSA) is 99.2 Å². The number of fused-ring (bicyclic) bond motifs is 5. The average Bonchev–Trinajstić information content (AvgIpc) is 3.28. The molecule has 8 nitrogen and oxygen atoms in total. The van der Waals surface area contributed by atoms with Gasteiger partial charge in [-0.1, -0.05) is 23.7 Å². The standard InChI is InChI=1S/C20H18ClNO7/c1-9-4-5-12(8-13(9)21)22-17(25)15-14-6-7-20(29-14,16(15)18(22)26)19(27-10(2)23)28-11(3)24/h4-8,14-16,19H,1-3H3. The molecule has 1 aromatic carbocycles. The molecule has 4 rings (SSSR count). The van der Waals surface area contributed by atoms with Crippen molar-refractivity contribution in [3.8, 4) is 0 Å². The number of aryl methyl sites for hydroxylation is 1. The number of nitrogens with zero attached hydrogens (tertiary/aromatic N) is 1. The summed E-state index contributed by atoms with van der Waals surface area (Å²) < 4.78 is 16.2. The van der Waals surface area contributed by atoms with Crippen molar-refractivity contribution in [1.82, 2.24) is 0 Å². The van der Waals surface area contributed by atoms with Crippen molar-refractivity contribution in [2.45, 2.75) is 38.8 Å². The van der Waals surface area contributed by atoms with Gasteiger partial charge < -0.3 is 14.2 Å². The van der Waals surface area contributed by atoms with Gasteiger partial charge in [0.05, 0.1) is 23.6 Å². The lowest BCUT2D eigenvalue weighted by Gasteiger charge is -2.34. The molecule has 0 aliphatic carbocycles. The van der Waals surface area contributed by atoms with Crippen molar-refractivity contribution in [1.29, 1.82) is 0 Å². The van der Waals surface area contributed by atoms with E-state index in [9.17, 15) is 19.2 Å². The molecule has 2 bridgehead atoms. The van der Waals surface area contributed by atoms with Crippen LogP contribution in [0, 0.1) is 18.8 Å². The molecule has 29 heavy (non-hydrogen) atoms. The van der Waals surface area contributed by atoms with Gasteiger partial charge in [-0.25, -0.2) is 4.90 Å². The van der Waals surface area contributed by atoms with Crippen molar-refractivity contribution in [3.05, 3.63) is 40.9 Å². The Morgan fingerprint density at radius 3 is 2.41 bits per heavy atom. The Morgan fingerprint density at radius 1 is 1.17 bits per heavy atom. The Balaban J connectivity index is 1.75. The summed E-state index contributed by atoms with van der Waals surface area (Å²) in [6.45, 7) is 4.11. The molecule has 2 saturated heterocycles. The van der Waals surface area contributed by atoms with E-state index in [4.69, 9.17) is 25.8 Å². The van der Waals surface area contributed by atoms with Gasteiger partial charge in [0, 0.05) is 18.9 Å². The highest BCUT2D eigenvalue weighted by molar-refractivity contribution is 6.32. The minimum Gasteiger partial charge on any atom is -0.422 e. The number of rotatable bonds is 4. The van der Waals surface area contributed by atoms with Gasteiger partial charge in [-0.2, -0.15) is 0 Å². The summed E-state index contributed by atoms with van der Waals surface area (Å²) in [5, 5.41) is 0.421. The van der Waals surface area contributed by atoms with Crippen LogP contribution in [0.25, 0.3) is 0 Å². The van der Waals surface area contributed by atoms with Gasteiger partial charge >= 0.3 is 11.9 Å². The minimum atomic E-state index is -1.57. The van der Waals surface area contributed by atoms with Crippen LogP contribution in [0.15, 0.2) is 30.4 Å². The zero-order chi connectivity index (χ0) is 21.1. The van der Waals surface area contributed by atoms with Crippen molar-refractivity contribution in [2.75, 3.05) is 4.90 Å². The van der Waals surface area contributed by atoms with Crippen LogP contribution in [0.4, 0.5) is 5.69 Å². The van der Waals surface area contributed by atoms with E-state index < -0.39 is 53.6 Å². The van der Waals surface area contributed by atoms with E-state index in [0.717, 1.165) is 24.3 Å². The number of ether oxygens (including phenoxy) is 3. The summed E-state index contributed by atoms with van der Waals surface area (Å²) in [6.07, 6.45) is 0.965. The predicted molar refractivity (Wildman–Crippen MR) is 99.7 cm³/mol. The lowest BCUT2D eigenvalue weighted by molar-refractivity contribution is -0.226. The molecular weight excluding hydrogens is 402 g/mol. The molecule has 4 unspecified atom stereocenters. The summed E-state index contributed by atoms with van der Waals surface area (Å²) >= 11 is 6.17. The van der Waals surface area contributed by atoms with Crippen LogP contribution in [0.2, 0.25) is 5.02 Å². The molecule has 2 fully saturated rings. The zero-order valence-electron chi connectivity index (χ0n) is 15.9. The first-order chi connectivity index (χ1) is 13.7. The van der Waals surface area contributed by atoms with Gasteiger partial charge in [0.15, 0.2) is 5.60 Å². The predicted octanol–water partition coefficient (Wildman–Crippen LogP) is 1.91. The number of amides is 2. The maximum Gasteiger partial charge on any atom is 0.305 e. The summed E-state index contributed by atoms with van der Waals surface area (Å²) in [7, 11) is 0. The first-order valence-electron chi connectivity index (χ1n) is 9.01. The monoisotopic (exact) mass is 419 g/mol. The molecule has 152 valence electrons. The van der Waals surface area contributed by atoms with Crippen LogP contribution in [-0.2, 0) is 33.4 Å². The van der Waals surface area contributed by atoms with Crippen LogP contribution in [0.3, 0.4) is 0 Å². The zero-order valence-corrected chi connectivity index (χ0v) is 16.6. The van der Waals surface area contributed by atoms with Crippen molar-refractivity contribution < 1.29 is 33.4 Å². The first kappa shape index (κ1) is 19.6. The van der Waals surface area contributed by atoms with Crippen LogP contribution in [0.1, 0.15) is 19.4 Å². The van der Waals surface area contributed by atoms with Crippen LogP contribution < -0.4 is 4.90 Å². The molecule has 3 aliphatic rings. The normalized spacial score (nSPS) is 29.6. The van der Waals surface area contributed by atoms with Crippen LogP contribution >= 0.6 is 11.6 Å². The van der Waals surface area contributed by atoms with Gasteiger partial charge in [0.2, 0.25) is 11.8 Å². The summed E-state index contributed by atoms with van der Waals surface area (Å²) in [5.74, 6) is -4.23. The molecule has 3 aliphatic heterocycles. The Kier molecular flexibility index (Phi) is 4.51. The first-order valence-corrected chi connectivity index (χ1v) is 9.39. The molecular formula is C20H18ClNO7. The summed E-state index contributed by atoms with van der Waals surface area (Å²) in [6, 6.07) is 4.90. The van der Waals surface area contributed by atoms with Gasteiger partial charge in [0.25, 0.3) is 6.29 Å². The largest absolute Gasteiger partial charge is 0.422 e. The molecule has 9 heteroatoms. The van der Waals surface area contributed by atoms with Gasteiger partial charge in [0.1, 0.15) is 0 Å². The van der Waals surface area contributed by atoms with E-state index in [1.807, 2.05) is 6.92 Å². The second-order valence-electron chi connectivity index (χ2n) is 7.29. The summed E-state index contributed by atoms with van der Waals surface area (Å²) in [4.78, 5) is 50.7. The number of carbonyl (C=O) groups excluding carboxylic acids is 4. The minimum absolute atomic E-state index is 0.344. The maximum atomic E-state index is 13.3. The van der Waals surface area contributed by atoms with Crippen molar-refractivity contribution in [3.63, 3.8) is 0 Å². The third-order valence-electron chi connectivity index (χ3n) is 5.41. The highest BCUT2D eigenvalue weighted by Gasteiger charge is 2.72. The molecule has 3 heterocycles. The Hall–Kier alpha value is -2.71. The van der Waals surface area contributed by atoms with Crippen molar-refractivity contribution in [2.24, 2.45) is 11.8 Å². The molecule has 2 amide bonds. The molecule has 0 saturated carbocycles. The van der Waals surface area contributed by atoms with Crippen molar-refractivity contribution >= 4 is 41.0 Å². The van der Waals surface area contributed by atoms with E-state index in [1.54, 1.807) is 24.3 Å². The number of hydrogen-bond donors (Lipinski definition) is 0. The Labute approximate surface area is 171 Å². The quantitative estimate of drug-likeness (QED) is 0.318. The van der Waals surface area contributed by atoms with Gasteiger partial charge in [-0.15, -0.1) is 0 Å². The highest BCUT2D eigenvalue weighted by Crippen LogP contribution is 2.54. The Morgan fingerprint density at radius 2 is 1.83 bits per heavy atom. The van der Waals surface area contributed by atoms with Gasteiger partial charge in [-0.3, -0.25) is 19.2 Å². The molecule has 0 radical (unpaired) electrons. The number of imide groups is 1. The number of benzene rings is 1. The Bertz CT molecular complexity index is 958. The van der Waals surface area contributed by atoms with E-state index in [2.05, 4.69) is 0 Å². The fourth-order valence-corrected chi connectivity index (χ4v) is 4.37. The molecule has 4 atom stereocenters. The lowest BCUT2D eigenvalue weighted by atomic mass is 9.76. The maximum absolute atomic E-state index is 13.3. The molecule has 0 spiro atoms. The number of anilines is 1. The van der Waals surface area contributed by atoms with Gasteiger partial charge in [-0.05, 0) is 30.7 Å². The lowest BCUT2D eigenvalue weighted by Crippen LogP contribution is -2.52. The molecule has 0 N–H and O–H groups in total. The third-order valence-corrected chi connectivity index (χ3v) is 5.81. The molecule has 0 aromatic heterocycles. The van der Waals surface area contributed by atoms with E-state index in [1.165, 1.54) is 6.08 Å². The SMILES string of the molecule is CC(=O)OC(OC(C)=O)C12C=CC(O1)C1C(=O)N(c3ccc(C)c(Cl)c3)C(=O)C12. The van der Waals surface area contributed by atoms with E-state index in [-0.39, 0.29) is 0 Å². The third kappa shape index (κ3) is 2.86. The number of hydrogen-bond acceptors (Lipinski definition) is 7. The smallest absolute Gasteiger partial charge is 0.305 e. The number of carbonyl (C=O) groups is 4. The summed E-state index contributed by atoms with van der Waals surface area (Å²) in [5.41, 5.74) is -0.417. The molecule has 1 aromatic rings. The average molecular weight is 420 g/mol. The van der Waals surface area contributed by atoms with Crippen LogP contribution in [0.5, 0.6) is 0 Å². The number of esters is 2. The van der Waals surface area contributed by atoms with E-state index in [0.29, 0.717) is 10.7 Å². The number of halogens is 1. The second kappa shape index (κ2) is 6.67. The van der Waals surface area contributed by atoms with E-state index >= 15 is 0 Å².